The summed E-state index contributed by atoms with van der Waals surface area (Å²) in [6.45, 7) is 1.88. The highest BCUT2D eigenvalue weighted by molar-refractivity contribution is 5.78. The van der Waals surface area contributed by atoms with Gasteiger partial charge in [-0.25, -0.2) is 4.39 Å². The molecule has 0 atom stereocenters. The largest absolute Gasteiger partial charge is 0.491 e. The Balaban J connectivity index is 1.64. The summed E-state index contributed by atoms with van der Waals surface area (Å²) in [6, 6.07) is 12.1. The number of aliphatic hydroxyl groups excluding tert-OH is 1. The fourth-order valence-electron chi connectivity index (χ4n) is 3.06. The minimum Gasteiger partial charge on any atom is -0.491 e. The van der Waals surface area contributed by atoms with Gasteiger partial charge in [0.05, 0.1) is 19.7 Å². The maximum atomic E-state index is 13.8. The van der Waals surface area contributed by atoms with Gasteiger partial charge in [0.1, 0.15) is 18.2 Å². The minimum atomic E-state index is -0.263. The first-order chi connectivity index (χ1) is 12.6. The summed E-state index contributed by atoms with van der Waals surface area (Å²) >= 11 is 0. The van der Waals surface area contributed by atoms with E-state index in [9.17, 15) is 14.3 Å². The molecule has 138 valence electrons. The van der Waals surface area contributed by atoms with E-state index in [0.717, 1.165) is 16.9 Å². The van der Waals surface area contributed by atoms with Gasteiger partial charge in [-0.05, 0) is 30.8 Å². The van der Waals surface area contributed by atoms with Crippen molar-refractivity contribution in [2.24, 2.45) is 0 Å². The second-order valence-electron chi connectivity index (χ2n) is 6.53. The molecule has 2 aromatic carbocycles. The van der Waals surface area contributed by atoms with Gasteiger partial charge in [-0.3, -0.25) is 9.69 Å². The number of hydrogen-bond donors (Lipinski definition) is 1. The van der Waals surface area contributed by atoms with E-state index in [0.29, 0.717) is 31.8 Å². The van der Waals surface area contributed by atoms with Gasteiger partial charge in [0, 0.05) is 24.2 Å². The van der Waals surface area contributed by atoms with E-state index >= 15 is 0 Å². The summed E-state index contributed by atoms with van der Waals surface area (Å²) in [4.78, 5) is 16.2. The molecule has 2 aromatic rings. The van der Waals surface area contributed by atoms with E-state index in [1.54, 1.807) is 35.0 Å². The molecule has 5 nitrogen and oxygen atoms in total. The standard InChI is InChI=1S/C20H23FN2O3/c1-22(11-16-4-2-3-5-18(16)21)13-20(25)23-8-9-26-19-7-6-15(14-24)10-17(19)12-23/h2-7,10,24H,8-9,11-14H2,1H3. The molecule has 1 aliphatic heterocycles. The van der Waals surface area contributed by atoms with Gasteiger partial charge in [-0.15, -0.1) is 0 Å². The number of amides is 1. The molecule has 0 saturated carbocycles. The molecule has 0 aliphatic carbocycles. The van der Waals surface area contributed by atoms with Crippen LogP contribution >= 0.6 is 0 Å². The lowest BCUT2D eigenvalue weighted by Crippen LogP contribution is -2.39. The number of halogens is 1. The number of ether oxygens (including phenoxy) is 1. The van der Waals surface area contributed by atoms with E-state index in [1.165, 1.54) is 6.07 Å². The first kappa shape index (κ1) is 18.4. The van der Waals surface area contributed by atoms with Crippen LogP contribution in [0.15, 0.2) is 42.5 Å². The molecule has 0 radical (unpaired) electrons. The van der Waals surface area contributed by atoms with Gasteiger partial charge < -0.3 is 14.7 Å². The van der Waals surface area contributed by atoms with E-state index in [-0.39, 0.29) is 24.9 Å². The van der Waals surface area contributed by atoms with Crippen LogP contribution in [0.1, 0.15) is 16.7 Å². The minimum absolute atomic E-state index is 0.0327. The molecule has 0 saturated heterocycles. The zero-order valence-electron chi connectivity index (χ0n) is 14.8. The number of benzene rings is 2. The second-order valence-corrected chi connectivity index (χ2v) is 6.53. The zero-order chi connectivity index (χ0) is 18.5. The molecule has 0 unspecified atom stereocenters. The van der Waals surface area contributed by atoms with Crippen LogP contribution in [0.3, 0.4) is 0 Å². The number of carbonyl (C=O) groups excluding carboxylic acids is 1. The zero-order valence-corrected chi connectivity index (χ0v) is 14.8. The summed E-state index contributed by atoms with van der Waals surface area (Å²) < 4.78 is 19.5. The van der Waals surface area contributed by atoms with Crippen molar-refractivity contribution in [2.75, 3.05) is 26.7 Å². The monoisotopic (exact) mass is 358 g/mol. The number of aliphatic hydroxyl groups is 1. The van der Waals surface area contributed by atoms with Crippen LogP contribution in [0.5, 0.6) is 5.75 Å². The van der Waals surface area contributed by atoms with Crippen LogP contribution in [0, 0.1) is 5.82 Å². The first-order valence-electron chi connectivity index (χ1n) is 8.62. The van der Waals surface area contributed by atoms with Gasteiger partial charge in [-0.2, -0.15) is 0 Å². The van der Waals surface area contributed by atoms with Crippen molar-refractivity contribution in [1.82, 2.24) is 9.80 Å². The number of nitrogens with zero attached hydrogens (tertiary/aromatic N) is 2. The Morgan fingerprint density at radius 1 is 1.31 bits per heavy atom. The maximum absolute atomic E-state index is 13.8. The lowest BCUT2D eigenvalue weighted by Gasteiger charge is -2.24. The summed E-state index contributed by atoms with van der Waals surface area (Å²) in [5.74, 6) is 0.451. The molecule has 0 bridgehead atoms. The molecule has 0 aromatic heterocycles. The smallest absolute Gasteiger partial charge is 0.237 e. The fraction of sp³-hybridized carbons (Fsp3) is 0.350. The molecular formula is C20H23FN2O3. The van der Waals surface area contributed by atoms with Crippen molar-refractivity contribution in [3.63, 3.8) is 0 Å². The highest BCUT2D eigenvalue weighted by Gasteiger charge is 2.21. The number of fused-ring (bicyclic) bond motifs is 1. The molecule has 1 heterocycles. The van der Waals surface area contributed by atoms with Gasteiger partial charge in [0.25, 0.3) is 0 Å². The highest BCUT2D eigenvalue weighted by Crippen LogP contribution is 2.24. The number of carbonyl (C=O) groups is 1. The Bertz CT molecular complexity index is 781. The van der Waals surface area contributed by atoms with Crippen LogP contribution in [0.4, 0.5) is 4.39 Å². The molecule has 26 heavy (non-hydrogen) atoms. The summed E-state index contributed by atoms with van der Waals surface area (Å²) in [5.41, 5.74) is 2.25. The molecule has 3 rings (SSSR count). The van der Waals surface area contributed by atoms with E-state index < -0.39 is 0 Å². The average Bonchev–Trinajstić information content (AvgIpc) is 2.85. The first-order valence-corrected chi connectivity index (χ1v) is 8.62. The average molecular weight is 358 g/mol. The van der Waals surface area contributed by atoms with Gasteiger partial charge in [0.2, 0.25) is 5.91 Å². The third kappa shape index (κ3) is 4.39. The van der Waals surface area contributed by atoms with Gasteiger partial charge >= 0.3 is 0 Å². The predicted octanol–water partition coefficient (Wildman–Crippen LogP) is 2.17. The fourth-order valence-corrected chi connectivity index (χ4v) is 3.06. The molecule has 0 fully saturated rings. The summed E-state index contributed by atoms with van der Waals surface area (Å²) in [7, 11) is 1.80. The van der Waals surface area contributed by atoms with Crippen LogP contribution < -0.4 is 4.74 Å². The van der Waals surface area contributed by atoms with Crippen LogP contribution in [0.2, 0.25) is 0 Å². The Hall–Kier alpha value is -2.44. The van der Waals surface area contributed by atoms with Crippen molar-refractivity contribution < 1.29 is 19.0 Å². The van der Waals surface area contributed by atoms with Crippen LogP contribution in [-0.2, 0) is 24.5 Å². The summed E-state index contributed by atoms with van der Waals surface area (Å²) in [6.07, 6.45) is 0. The molecule has 1 N–H and O–H groups in total. The SMILES string of the molecule is CN(CC(=O)N1CCOc2ccc(CO)cc2C1)Cc1ccccc1F. The van der Waals surface area contributed by atoms with Crippen molar-refractivity contribution in [3.05, 3.63) is 65.0 Å². The predicted molar refractivity (Wildman–Crippen MR) is 96.0 cm³/mol. The lowest BCUT2D eigenvalue weighted by molar-refractivity contribution is -0.133. The lowest BCUT2D eigenvalue weighted by atomic mass is 10.1. The normalized spacial score (nSPS) is 13.9. The Kier molecular flexibility index (Phi) is 5.85. The highest BCUT2D eigenvalue weighted by atomic mass is 19.1. The third-order valence-corrected chi connectivity index (χ3v) is 4.44. The van der Waals surface area contributed by atoms with E-state index in [4.69, 9.17) is 4.74 Å². The molecular weight excluding hydrogens is 335 g/mol. The number of hydrogen-bond acceptors (Lipinski definition) is 4. The van der Waals surface area contributed by atoms with Crippen molar-refractivity contribution in [3.8, 4) is 5.75 Å². The Labute approximate surface area is 152 Å². The summed E-state index contributed by atoms with van der Waals surface area (Å²) in [5, 5.41) is 9.31. The van der Waals surface area contributed by atoms with Crippen molar-refractivity contribution in [1.29, 1.82) is 0 Å². The second kappa shape index (κ2) is 8.29. The Morgan fingerprint density at radius 2 is 2.12 bits per heavy atom. The van der Waals surface area contributed by atoms with E-state index in [2.05, 4.69) is 0 Å². The molecule has 6 heteroatoms. The number of rotatable bonds is 5. The van der Waals surface area contributed by atoms with Crippen molar-refractivity contribution in [2.45, 2.75) is 19.7 Å². The molecule has 0 spiro atoms. The quantitative estimate of drug-likeness (QED) is 0.890. The topological polar surface area (TPSA) is 53.0 Å². The van der Waals surface area contributed by atoms with Gasteiger partial charge in [0.15, 0.2) is 0 Å². The van der Waals surface area contributed by atoms with Crippen molar-refractivity contribution >= 4 is 5.91 Å². The Morgan fingerprint density at radius 3 is 2.88 bits per heavy atom. The van der Waals surface area contributed by atoms with Gasteiger partial charge in [-0.1, -0.05) is 24.3 Å². The number of likely N-dealkylation sites (N-methyl/N-ethyl adjacent to an activating group) is 1. The third-order valence-electron chi connectivity index (χ3n) is 4.44. The van der Waals surface area contributed by atoms with Crippen LogP contribution in [-0.4, -0.2) is 47.6 Å². The maximum Gasteiger partial charge on any atom is 0.237 e. The van der Waals surface area contributed by atoms with E-state index in [1.807, 2.05) is 18.2 Å². The molecule has 1 aliphatic rings. The van der Waals surface area contributed by atoms with Crippen LogP contribution in [0.25, 0.3) is 0 Å². The molecule has 1 amide bonds.